The maximum absolute atomic E-state index is 14.4. The van der Waals surface area contributed by atoms with Crippen molar-refractivity contribution in [3.8, 4) is 0 Å². The van der Waals surface area contributed by atoms with E-state index in [1.54, 1.807) is 28.8 Å². The van der Waals surface area contributed by atoms with Crippen molar-refractivity contribution in [1.29, 1.82) is 0 Å². The molecule has 1 amide bonds. The molecule has 32 heavy (non-hydrogen) atoms. The van der Waals surface area contributed by atoms with Crippen molar-refractivity contribution in [2.24, 2.45) is 0 Å². The second-order valence-electron chi connectivity index (χ2n) is 7.93. The van der Waals surface area contributed by atoms with Gasteiger partial charge in [0.2, 0.25) is 0 Å². The number of aliphatic hydroxyl groups excluding tert-OH is 1. The Morgan fingerprint density at radius 1 is 1.12 bits per heavy atom. The Kier molecular flexibility index (Phi) is 5.03. The predicted molar refractivity (Wildman–Crippen MR) is 117 cm³/mol. The maximum Gasteiger partial charge on any atom is 0.274 e. The number of aliphatic hydroxyl groups is 1. The number of hydrogen-bond donors (Lipinski definition) is 2. The molecule has 0 saturated carbocycles. The monoisotopic (exact) mass is 429 g/mol. The van der Waals surface area contributed by atoms with Gasteiger partial charge in [-0.3, -0.25) is 14.0 Å². The molecule has 160 valence electrons. The molecule has 0 saturated heterocycles. The van der Waals surface area contributed by atoms with E-state index in [-0.39, 0.29) is 35.1 Å². The molecule has 0 radical (unpaired) electrons. The molecule has 0 spiro atoms. The number of fused-ring (bicyclic) bond motifs is 2. The number of hydrogen-bond acceptors (Lipinski definition) is 4. The minimum Gasteiger partial charge on any atom is -0.392 e. The van der Waals surface area contributed by atoms with Gasteiger partial charge in [-0.2, -0.15) is 0 Å². The van der Waals surface area contributed by atoms with Gasteiger partial charge < -0.3 is 10.4 Å². The molecule has 2 atom stereocenters. The normalized spacial score (nSPS) is 17.3. The van der Waals surface area contributed by atoms with Crippen LogP contribution in [0.4, 0.5) is 10.1 Å². The highest BCUT2D eigenvalue weighted by molar-refractivity contribution is 6.04. The molecule has 7 heteroatoms. The number of aromatic nitrogens is 2. The highest BCUT2D eigenvalue weighted by atomic mass is 19.1. The third-order valence-corrected chi connectivity index (χ3v) is 5.94. The number of nitrogens with one attached hydrogen (secondary N) is 1. The third-order valence-electron chi connectivity index (χ3n) is 5.94. The summed E-state index contributed by atoms with van der Waals surface area (Å²) in [5.41, 5.74) is 3.05. The zero-order valence-electron chi connectivity index (χ0n) is 17.0. The third kappa shape index (κ3) is 3.56. The summed E-state index contributed by atoms with van der Waals surface area (Å²) in [6.07, 6.45) is 3.09. The summed E-state index contributed by atoms with van der Waals surface area (Å²) < 4.78 is 16.0. The molecular formula is C25H20FN3O3. The lowest BCUT2D eigenvalue weighted by Gasteiger charge is -2.15. The molecule has 1 aliphatic rings. The molecule has 0 unspecified atom stereocenters. The van der Waals surface area contributed by atoms with E-state index < -0.39 is 17.8 Å². The largest absolute Gasteiger partial charge is 0.392 e. The van der Waals surface area contributed by atoms with Gasteiger partial charge in [0.05, 0.1) is 18.0 Å². The molecule has 0 fully saturated rings. The Hall–Kier alpha value is -3.84. The van der Waals surface area contributed by atoms with E-state index in [0.717, 1.165) is 17.2 Å². The molecule has 6 nitrogen and oxygen atoms in total. The predicted octanol–water partition coefficient (Wildman–Crippen LogP) is 4.00. The molecule has 4 aromatic rings. The van der Waals surface area contributed by atoms with Crippen LogP contribution < -0.4 is 5.32 Å². The van der Waals surface area contributed by atoms with Crippen LogP contribution in [0.25, 0.3) is 5.65 Å². The van der Waals surface area contributed by atoms with Gasteiger partial charge in [0, 0.05) is 24.1 Å². The van der Waals surface area contributed by atoms with Crippen molar-refractivity contribution in [2.45, 2.75) is 24.9 Å². The summed E-state index contributed by atoms with van der Waals surface area (Å²) in [6.45, 7) is 0. The topological polar surface area (TPSA) is 83.7 Å². The van der Waals surface area contributed by atoms with E-state index in [1.807, 2.05) is 24.3 Å². The van der Waals surface area contributed by atoms with Gasteiger partial charge in [0.15, 0.2) is 5.78 Å². The lowest BCUT2D eigenvalue weighted by molar-refractivity contribution is 0.0920. The highest BCUT2D eigenvalue weighted by Gasteiger charge is 2.32. The first-order valence-corrected chi connectivity index (χ1v) is 10.3. The van der Waals surface area contributed by atoms with Crippen LogP contribution in [-0.2, 0) is 6.42 Å². The van der Waals surface area contributed by atoms with Crippen molar-refractivity contribution < 1.29 is 19.1 Å². The Bertz CT molecular complexity index is 1350. The van der Waals surface area contributed by atoms with Crippen LogP contribution in [0.5, 0.6) is 0 Å². The number of ketones is 1. The Morgan fingerprint density at radius 2 is 1.94 bits per heavy atom. The van der Waals surface area contributed by atoms with Crippen LogP contribution in [-0.4, -0.2) is 32.3 Å². The first-order valence-electron chi connectivity index (χ1n) is 10.3. The summed E-state index contributed by atoms with van der Waals surface area (Å²) in [7, 11) is 0. The lowest BCUT2D eigenvalue weighted by atomic mass is 9.91. The average Bonchev–Trinajstić information content (AvgIpc) is 3.36. The van der Waals surface area contributed by atoms with Gasteiger partial charge in [-0.1, -0.05) is 30.3 Å². The first-order chi connectivity index (χ1) is 15.5. The van der Waals surface area contributed by atoms with E-state index in [0.29, 0.717) is 12.1 Å². The van der Waals surface area contributed by atoms with Crippen molar-refractivity contribution in [2.75, 3.05) is 5.32 Å². The number of anilines is 1. The fraction of sp³-hybridized carbons (Fsp3) is 0.160. The van der Waals surface area contributed by atoms with Crippen LogP contribution in [0.2, 0.25) is 0 Å². The first kappa shape index (κ1) is 20.1. The number of nitrogens with zero attached hydrogens (tertiary/aromatic N) is 2. The van der Waals surface area contributed by atoms with Gasteiger partial charge >= 0.3 is 0 Å². The smallest absolute Gasteiger partial charge is 0.274 e. The van der Waals surface area contributed by atoms with E-state index in [4.69, 9.17) is 0 Å². The molecule has 5 rings (SSSR count). The zero-order chi connectivity index (χ0) is 22.2. The van der Waals surface area contributed by atoms with Crippen LogP contribution in [0, 0.1) is 5.82 Å². The van der Waals surface area contributed by atoms with Crippen LogP contribution in [0.1, 0.15) is 44.3 Å². The number of pyridine rings is 1. The number of Topliss-reactive ketones (excluding diaryl/α,β-unsaturated/α-hetero) is 1. The maximum atomic E-state index is 14.4. The lowest BCUT2D eigenvalue weighted by Crippen LogP contribution is -2.18. The molecule has 2 aromatic heterocycles. The standard InChI is InChI=1S/C25H20FN3O3/c26-19-9-8-16(22(30)13-18-17-6-2-1-5-15(17)12-23(18)31)11-20(19)28-25(32)21-14-27-24-7-3-4-10-29(21)24/h1-11,14,18,23,31H,12-13H2,(H,28,32)/t18-,23+/m1/s1. The van der Waals surface area contributed by atoms with E-state index in [1.165, 1.54) is 18.3 Å². The van der Waals surface area contributed by atoms with Gasteiger partial charge in [-0.15, -0.1) is 0 Å². The second kappa shape index (κ2) is 8.01. The van der Waals surface area contributed by atoms with Gasteiger partial charge in [0.25, 0.3) is 5.91 Å². The molecule has 2 heterocycles. The average molecular weight is 429 g/mol. The van der Waals surface area contributed by atoms with Gasteiger partial charge in [0.1, 0.15) is 17.2 Å². The fourth-order valence-corrected chi connectivity index (χ4v) is 4.30. The van der Waals surface area contributed by atoms with Crippen molar-refractivity contribution >= 4 is 23.0 Å². The number of amides is 1. The minimum absolute atomic E-state index is 0.0842. The quantitative estimate of drug-likeness (QED) is 0.470. The van der Waals surface area contributed by atoms with Crippen LogP contribution >= 0.6 is 0 Å². The van der Waals surface area contributed by atoms with Crippen molar-refractivity contribution in [1.82, 2.24) is 9.38 Å². The zero-order valence-corrected chi connectivity index (χ0v) is 17.0. The summed E-state index contributed by atoms with van der Waals surface area (Å²) in [6, 6.07) is 16.9. The van der Waals surface area contributed by atoms with Gasteiger partial charge in [-0.05, 0) is 47.9 Å². The van der Waals surface area contributed by atoms with Gasteiger partial charge in [-0.25, -0.2) is 9.37 Å². The van der Waals surface area contributed by atoms with E-state index in [9.17, 15) is 19.1 Å². The molecule has 2 aromatic carbocycles. The summed E-state index contributed by atoms with van der Waals surface area (Å²) in [5.74, 6) is -1.71. The summed E-state index contributed by atoms with van der Waals surface area (Å²) in [5, 5.41) is 13.0. The van der Waals surface area contributed by atoms with Crippen LogP contribution in [0.15, 0.2) is 73.1 Å². The molecule has 2 N–H and O–H groups in total. The number of carbonyl (C=O) groups is 2. The van der Waals surface area contributed by atoms with E-state index in [2.05, 4.69) is 10.3 Å². The number of imidazole rings is 1. The highest BCUT2D eigenvalue weighted by Crippen LogP contribution is 2.36. The Balaban J connectivity index is 1.37. The SMILES string of the molecule is O=C(C[C@@H]1c2ccccc2C[C@@H]1O)c1ccc(F)c(NC(=O)c2cnc3ccccn23)c1. The molecule has 0 bridgehead atoms. The molecular weight excluding hydrogens is 409 g/mol. The van der Waals surface area contributed by atoms with Crippen LogP contribution in [0.3, 0.4) is 0 Å². The number of benzene rings is 2. The number of rotatable bonds is 5. The Morgan fingerprint density at radius 3 is 2.81 bits per heavy atom. The number of carbonyl (C=O) groups excluding carboxylic acids is 2. The van der Waals surface area contributed by atoms with E-state index >= 15 is 0 Å². The summed E-state index contributed by atoms with van der Waals surface area (Å²) >= 11 is 0. The molecule has 1 aliphatic carbocycles. The van der Waals surface area contributed by atoms with Crippen molar-refractivity contribution in [3.63, 3.8) is 0 Å². The second-order valence-corrected chi connectivity index (χ2v) is 7.93. The molecule has 0 aliphatic heterocycles. The Labute approximate surface area is 183 Å². The minimum atomic E-state index is -0.644. The van der Waals surface area contributed by atoms with Crippen molar-refractivity contribution in [3.05, 3.63) is 101 Å². The summed E-state index contributed by atoms with van der Waals surface area (Å²) in [4.78, 5) is 29.8. The number of halogens is 1. The fourth-order valence-electron chi connectivity index (χ4n) is 4.30.